The topological polar surface area (TPSA) is 36.0 Å². The van der Waals surface area contributed by atoms with Gasteiger partial charge >= 0.3 is 0 Å². The fraction of sp³-hybridized carbons (Fsp3) is 0.550. The third-order valence-corrected chi connectivity index (χ3v) is 5.18. The fourth-order valence-electron chi connectivity index (χ4n) is 3.76. The van der Waals surface area contributed by atoms with Crippen LogP contribution in [0, 0.1) is 11.8 Å². The largest absolute Gasteiger partial charge is 0.497 e. The number of hydrogen-bond donors (Lipinski definition) is 0. The van der Waals surface area contributed by atoms with E-state index in [4.69, 9.17) is 4.74 Å². The van der Waals surface area contributed by atoms with Crippen LogP contribution in [0.1, 0.15) is 19.8 Å². The van der Waals surface area contributed by atoms with Crippen molar-refractivity contribution in [3.05, 3.63) is 24.3 Å². The number of rotatable bonds is 3. The van der Waals surface area contributed by atoms with E-state index in [9.17, 15) is 4.79 Å². The molecule has 2 saturated heterocycles. The zero-order valence-corrected chi connectivity index (χ0v) is 15.2. The molecule has 2 aliphatic heterocycles. The van der Waals surface area contributed by atoms with E-state index in [0.717, 1.165) is 51.4 Å². The summed E-state index contributed by atoms with van der Waals surface area (Å²) in [7, 11) is 1.69. The Balaban J connectivity index is 1.54. The van der Waals surface area contributed by atoms with Gasteiger partial charge in [0, 0.05) is 51.0 Å². The summed E-state index contributed by atoms with van der Waals surface area (Å²) in [5.74, 6) is 6.27. The molecule has 0 aliphatic carbocycles. The highest BCUT2D eigenvalue weighted by Gasteiger charge is 2.29. The summed E-state index contributed by atoms with van der Waals surface area (Å²) in [6, 6.07) is 8.74. The molecule has 2 heterocycles. The molecule has 0 aromatic heterocycles. The smallest absolute Gasteiger partial charge is 0.298 e. The molecule has 0 unspecified atom stereocenters. The Bertz CT molecular complexity index is 639. The number of ether oxygens (including phenoxy) is 1. The second-order valence-corrected chi connectivity index (χ2v) is 6.64. The number of benzene rings is 1. The van der Waals surface area contributed by atoms with Crippen molar-refractivity contribution in [1.29, 1.82) is 0 Å². The number of amides is 1. The van der Waals surface area contributed by atoms with Crippen molar-refractivity contribution in [2.75, 3.05) is 51.3 Å². The Morgan fingerprint density at radius 1 is 1.12 bits per heavy atom. The standard InChI is InChI=1S/C20H27N3O2/c1-3-5-20(24)23-11-4-6-18(16-23)22-14-12-21(13-15-22)17-7-9-19(25-2)10-8-17/h7-10,18H,4,6,11-16H2,1-2H3/t18-/m1/s1. The number of anilines is 1. The predicted molar refractivity (Wildman–Crippen MR) is 99.8 cm³/mol. The molecule has 0 saturated carbocycles. The summed E-state index contributed by atoms with van der Waals surface area (Å²) in [4.78, 5) is 18.9. The van der Waals surface area contributed by atoms with Crippen molar-refractivity contribution < 1.29 is 9.53 Å². The van der Waals surface area contributed by atoms with Gasteiger partial charge in [-0.25, -0.2) is 0 Å². The lowest BCUT2D eigenvalue weighted by Gasteiger charge is -2.43. The molecule has 0 bridgehead atoms. The number of methoxy groups -OCH3 is 1. The van der Waals surface area contributed by atoms with Crippen LogP contribution in [0.25, 0.3) is 0 Å². The molecule has 25 heavy (non-hydrogen) atoms. The number of nitrogens with zero attached hydrogens (tertiary/aromatic N) is 3. The van der Waals surface area contributed by atoms with Gasteiger partial charge in [-0.05, 0) is 50.0 Å². The molecule has 3 rings (SSSR count). The van der Waals surface area contributed by atoms with Crippen LogP contribution in [0.15, 0.2) is 24.3 Å². The first-order valence-electron chi connectivity index (χ1n) is 9.06. The normalized spacial score (nSPS) is 21.4. The van der Waals surface area contributed by atoms with Gasteiger partial charge in [0.05, 0.1) is 7.11 Å². The molecule has 0 N–H and O–H groups in total. The maximum absolute atomic E-state index is 12.0. The lowest BCUT2D eigenvalue weighted by Crippen LogP contribution is -2.55. The number of carbonyl (C=O) groups excluding carboxylic acids is 1. The zero-order valence-electron chi connectivity index (χ0n) is 15.2. The van der Waals surface area contributed by atoms with E-state index in [1.165, 1.54) is 12.1 Å². The van der Waals surface area contributed by atoms with Crippen LogP contribution in [0.4, 0.5) is 5.69 Å². The van der Waals surface area contributed by atoms with Crippen LogP contribution in [0.2, 0.25) is 0 Å². The fourth-order valence-corrected chi connectivity index (χ4v) is 3.76. The lowest BCUT2D eigenvalue weighted by atomic mass is 10.0. The average Bonchev–Trinajstić information content (AvgIpc) is 2.68. The van der Waals surface area contributed by atoms with Gasteiger partial charge in [0.15, 0.2) is 0 Å². The quantitative estimate of drug-likeness (QED) is 0.786. The molecule has 1 aromatic carbocycles. The second-order valence-electron chi connectivity index (χ2n) is 6.64. The first-order valence-corrected chi connectivity index (χ1v) is 9.06. The van der Waals surface area contributed by atoms with Crippen LogP contribution in [-0.2, 0) is 4.79 Å². The number of likely N-dealkylation sites (tertiary alicyclic amines) is 1. The van der Waals surface area contributed by atoms with Crippen LogP contribution in [0.5, 0.6) is 5.75 Å². The van der Waals surface area contributed by atoms with E-state index in [2.05, 4.69) is 33.8 Å². The Labute approximate surface area is 150 Å². The summed E-state index contributed by atoms with van der Waals surface area (Å²) in [6.45, 7) is 7.50. The van der Waals surface area contributed by atoms with E-state index in [1.807, 2.05) is 17.0 Å². The minimum atomic E-state index is -0.0240. The summed E-state index contributed by atoms with van der Waals surface area (Å²) in [5, 5.41) is 0. The highest BCUT2D eigenvalue weighted by molar-refractivity contribution is 5.93. The van der Waals surface area contributed by atoms with Crippen molar-refractivity contribution >= 4 is 11.6 Å². The van der Waals surface area contributed by atoms with Crippen LogP contribution >= 0.6 is 0 Å². The van der Waals surface area contributed by atoms with Gasteiger partial charge in [0.25, 0.3) is 5.91 Å². The second kappa shape index (κ2) is 8.26. The van der Waals surface area contributed by atoms with Gasteiger partial charge in [-0.1, -0.05) is 5.92 Å². The molecular weight excluding hydrogens is 314 g/mol. The van der Waals surface area contributed by atoms with Gasteiger partial charge in [0.1, 0.15) is 5.75 Å². The van der Waals surface area contributed by atoms with Crippen LogP contribution in [0.3, 0.4) is 0 Å². The third kappa shape index (κ3) is 4.26. The summed E-state index contributed by atoms with van der Waals surface area (Å²) >= 11 is 0. The molecule has 2 aliphatic rings. The lowest BCUT2D eigenvalue weighted by molar-refractivity contribution is -0.127. The SMILES string of the molecule is CC#CC(=O)N1CCC[C@@H](N2CCN(c3ccc(OC)cc3)CC2)C1. The Morgan fingerprint density at radius 2 is 1.84 bits per heavy atom. The molecule has 1 atom stereocenters. The summed E-state index contributed by atoms with van der Waals surface area (Å²) in [6.07, 6.45) is 2.24. The Morgan fingerprint density at radius 3 is 2.48 bits per heavy atom. The Hall–Kier alpha value is -2.19. The maximum Gasteiger partial charge on any atom is 0.298 e. The molecule has 0 spiro atoms. The van der Waals surface area contributed by atoms with Gasteiger partial charge in [-0.2, -0.15) is 0 Å². The number of carbonyl (C=O) groups is 1. The van der Waals surface area contributed by atoms with E-state index >= 15 is 0 Å². The molecule has 0 radical (unpaired) electrons. The van der Waals surface area contributed by atoms with E-state index in [-0.39, 0.29) is 5.91 Å². The molecule has 5 heteroatoms. The summed E-state index contributed by atoms with van der Waals surface area (Å²) < 4.78 is 5.23. The van der Waals surface area contributed by atoms with Gasteiger partial charge < -0.3 is 14.5 Å². The molecule has 1 aromatic rings. The zero-order chi connectivity index (χ0) is 17.6. The first kappa shape index (κ1) is 17.6. The van der Waals surface area contributed by atoms with E-state index in [0.29, 0.717) is 6.04 Å². The van der Waals surface area contributed by atoms with Gasteiger partial charge in [0.2, 0.25) is 0 Å². The highest BCUT2D eigenvalue weighted by atomic mass is 16.5. The van der Waals surface area contributed by atoms with Crippen molar-refractivity contribution in [1.82, 2.24) is 9.80 Å². The number of piperazine rings is 1. The van der Waals surface area contributed by atoms with Gasteiger partial charge in [-0.3, -0.25) is 9.69 Å². The van der Waals surface area contributed by atoms with Crippen LogP contribution in [-0.4, -0.2) is 68.1 Å². The molecule has 134 valence electrons. The Kier molecular flexibility index (Phi) is 5.83. The first-order chi connectivity index (χ1) is 12.2. The number of piperidine rings is 1. The van der Waals surface area contributed by atoms with Gasteiger partial charge in [-0.15, -0.1) is 0 Å². The van der Waals surface area contributed by atoms with E-state index < -0.39 is 0 Å². The average molecular weight is 341 g/mol. The molecule has 5 nitrogen and oxygen atoms in total. The number of hydrogen-bond acceptors (Lipinski definition) is 4. The molecule has 1 amide bonds. The van der Waals surface area contributed by atoms with Crippen LogP contribution < -0.4 is 9.64 Å². The minimum Gasteiger partial charge on any atom is -0.497 e. The summed E-state index contributed by atoms with van der Waals surface area (Å²) in [5.41, 5.74) is 1.25. The highest BCUT2D eigenvalue weighted by Crippen LogP contribution is 2.23. The minimum absolute atomic E-state index is 0.0240. The van der Waals surface area contributed by atoms with Crippen molar-refractivity contribution in [3.63, 3.8) is 0 Å². The predicted octanol–water partition coefficient (Wildman–Crippen LogP) is 1.83. The molecular formula is C20H27N3O2. The van der Waals surface area contributed by atoms with Crippen molar-refractivity contribution in [3.8, 4) is 17.6 Å². The third-order valence-electron chi connectivity index (χ3n) is 5.18. The van der Waals surface area contributed by atoms with Crippen molar-refractivity contribution in [2.24, 2.45) is 0 Å². The maximum atomic E-state index is 12.0. The molecule has 2 fully saturated rings. The van der Waals surface area contributed by atoms with E-state index in [1.54, 1.807) is 14.0 Å². The van der Waals surface area contributed by atoms with Crippen molar-refractivity contribution in [2.45, 2.75) is 25.8 Å². The monoisotopic (exact) mass is 341 g/mol.